The Morgan fingerprint density at radius 3 is 2.40 bits per heavy atom. The number of benzene rings is 1. The van der Waals surface area contributed by atoms with E-state index in [0.717, 1.165) is 12.8 Å². The van der Waals surface area contributed by atoms with E-state index in [1.165, 1.54) is 4.90 Å². The topological polar surface area (TPSA) is 180 Å². The summed E-state index contributed by atoms with van der Waals surface area (Å²) in [5.74, 6) is -2.86. The number of allylic oxidation sites excluding steroid dienone is 1. The minimum absolute atomic E-state index is 0.0225. The first-order valence-electron chi connectivity index (χ1n) is 16.5. The zero-order valence-corrected chi connectivity index (χ0v) is 29.0. The largest absolute Gasteiger partial charge is 0.444 e. The van der Waals surface area contributed by atoms with Gasteiger partial charge < -0.3 is 25.6 Å². The molecule has 5 rings (SSSR count). The van der Waals surface area contributed by atoms with E-state index in [0.29, 0.717) is 42.7 Å². The number of carbonyl (C=O) groups is 5. The third-order valence-electron chi connectivity index (χ3n) is 9.01. The van der Waals surface area contributed by atoms with Crippen molar-refractivity contribution in [2.24, 2.45) is 5.92 Å². The molecule has 0 radical (unpaired) electrons. The number of nitrogens with zero attached hydrogens (tertiary/aromatic N) is 1. The van der Waals surface area contributed by atoms with Crippen molar-refractivity contribution in [3.8, 4) is 0 Å². The third-order valence-corrected chi connectivity index (χ3v) is 11.1. The average molecular weight is 706 g/mol. The van der Waals surface area contributed by atoms with Crippen molar-refractivity contribution in [1.29, 1.82) is 0 Å². The molecule has 0 bridgehead atoms. The van der Waals surface area contributed by atoms with Crippen LogP contribution in [0.2, 0.25) is 5.02 Å². The van der Waals surface area contributed by atoms with E-state index in [2.05, 4.69) is 20.7 Å². The van der Waals surface area contributed by atoms with Gasteiger partial charge in [-0.15, -0.1) is 0 Å². The Morgan fingerprint density at radius 1 is 1.02 bits per heavy atom. The Bertz CT molecular complexity index is 1570. The zero-order chi connectivity index (χ0) is 34.9. The first kappa shape index (κ1) is 35.7. The fourth-order valence-electron chi connectivity index (χ4n) is 6.22. The second-order valence-electron chi connectivity index (χ2n) is 14.1. The number of fused-ring (bicyclic) bond motifs is 2. The van der Waals surface area contributed by atoms with Crippen LogP contribution in [0.25, 0.3) is 0 Å². The number of halogens is 1. The average Bonchev–Trinajstić information content (AvgIpc) is 3.92. The highest BCUT2D eigenvalue weighted by Gasteiger charge is 2.62. The van der Waals surface area contributed by atoms with Gasteiger partial charge in [0.05, 0.1) is 5.25 Å². The lowest BCUT2D eigenvalue weighted by Crippen LogP contribution is -2.58. The van der Waals surface area contributed by atoms with Crippen LogP contribution in [0.4, 0.5) is 4.79 Å². The zero-order valence-electron chi connectivity index (χ0n) is 27.4. The molecule has 0 spiro atoms. The lowest BCUT2D eigenvalue weighted by Gasteiger charge is -2.30. The van der Waals surface area contributed by atoms with Crippen LogP contribution in [0.5, 0.6) is 0 Å². The number of ether oxygens (including phenoxy) is 1. The molecule has 15 heteroatoms. The minimum atomic E-state index is -3.89. The van der Waals surface area contributed by atoms with Gasteiger partial charge in [-0.25, -0.2) is 13.2 Å². The number of hydrogen-bond acceptors (Lipinski definition) is 8. The maximum atomic E-state index is 14.2. The van der Waals surface area contributed by atoms with Crippen molar-refractivity contribution in [2.75, 3.05) is 6.54 Å². The number of alkyl carbamates (subject to hydrolysis) is 1. The maximum Gasteiger partial charge on any atom is 0.408 e. The van der Waals surface area contributed by atoms with Crippen LogP contribution >= 0.6 is 11.6 Å². The SMILES string of the molecule is CC(C)(C)OC(=O)N[C@H]1CCCCC/C=C\[C@@H]2C[C@@]2(C(=O)NS(=O)(=O)C2CC2)NC(=O)[C@@H]2C[C@@H](NC(=O)c3ccc(Cl)cc3)CN2C1=O. The molecule has 2 heterocycles. The third kappa shape index (κ3) is 8.68. The summed E-state index contributed by atoms with van der Waals surface area (Å²) in [7, 11) is -3.89. The second-order valence-corrected chi connectivity index (χ2v) is 16.5. The van der Waals surface area contributed by atoms with Crippen LogP contribution < -0.4 is 20.7 Å². The van der Waals surface area contributed by atoms with Gasteiger partial charge in [-0.2, -0.15) is 0 Å². The standard InChI is InChI=1S/C33H44ClN5O8S/c1-32(2,3)47-31(44)36-25-10-8-6-4-5-7-9-21-18-33(21,30(43)38-48(45,46)24-15-16-24)37-28(41)26-17-23(19-39(26)29(25)42)35-27(40)20-11-13-22(34)14-12-20/h7,9,11-14,21,23-26H,4-6,8,10,15-19H2,1-3H3,(H,35,40)(H,36,44)(H,37,41)(H,38,43)/b9-7-/t21-,23-,25+,26+,33-/m1/s1. The summed E-state index contributed by atoms with van der Waals surface area (Å²) in [4.78, 5) is 69.1. The lowest BCUT2D eigenvalue weighted by molar-refractivity contribution is -0.141. The number of carbonyl (C=O) groups excluding carboxylic acids is 5. The molecule has 48 heavy (non-hydrogen) atoms. The number of sulfonamides is 1. The molecule has 4 N–H and O–H groups in total. The molecule has 0 unspecified atom stereocenters. The van der Waals surface area contributed by atoms with E-state index in [1.54, 1.807) is 45.0 Å². The minimum Gasteiger partial charge on any atom is -0.444 e. The maximum absolute atomic E-state index is 14.2. The molecule has 2 saturated carbocycles. The van der Waals surface area contributed by atoms with E-state index in [9.17, 15) is 32.4 Å². The van der Waals surface area contributed by atoms with E-state index in [4.69, 9.17) is 16.3 Å². The fraction of sp³-hybridized carbons (Fsp3) is 0.606. The summed E-state index contributed by atoms with van der Waals surface area (Å²) >= 11 is 5.97. The highest BCUT2D eigenvalue weighted by molar-refractivity contribution is 7.91. The van der Waals surface area contributed by atoms with Crippen molar-refractivity contribution in [2.45, 2.75) is 113 Å². The first-order valence-corrected chi connectivity index (χ1v) is 18.4. The van der Waals surface area contributed by atoms with Gasteiger partial charge >= 0.3 is 6.09 Å². The van der Waals surface area contributed by atoms with E-state index >= 15 is 0 Å². The van der Waals surface area contributed by atoms with E-state index in [-0.39, 0.29) is 19.4 Å². The van der Waals surface area contributed by atoms with Gasteiger partial charge in [0.15, 0.2) is 0 Å². The van der Waals surface area contributed by atoms with Crippen LogP contribution in [-0.2, 0) is 29.1 Å². The number of nitrogens with one attached hydrogen (secondary N) is 4. The van der Waals surface area contributed by atoms with Crippen molar-refractivity contribution < 1.29 is 37.1 Å². The molecule has 2 aliphatic heterocycles. The monoisotopic (exact) mass is 705 g/mol. The molecule has 1 saturated heterocycles. The Hall–Kier alpha value is -3.65. The van der Waals surface area contributed by atoms with E-state index < -0.39 is 80.2 Å². The molecule has 3 fully saturated rings. The molecule has 4 aliphatic rings. The number of hydrogen-bond donors (Lipinski definition) is 4. The molecule has 5 amide bonds. The molecule has 13 nitrogen and oxygen atoms in total. The molecule has 0 aromatic heterocycles. The highest BCUT2D eigenvalue weighted by Crippen LogP contribution is 2.46. The van der Waals surface area contributed by atoms with Crippen molar-refractivity contribution in [3.05, 3.63) is 47.0 Å². The Balaban J connectivity index is 1.42. The smallest absolute Gasteiger partial charge is 0.408 e. The summed E-state index contributed by atoms with van der Waals surface area (Å²) < 4.78 is 33.0. The van der Waals surface area contributed by atoms with Crippen LogP contribution in [0.1, 0.15) is 88.9 Å². The second kappa shape index (κ2) is 14.1. The fourth-order valence-corrected chi connectivity index (χ4v) is 7.71. The predicted molar refractivity (Wildman–Crippen MR) is 177 cm³/mol. The molecule has 1 aromatic carbocycles. The normalized spacial score (nSPS) is 28.8. The van der Waals surface area contributed by atoms with Gasteiger partial charge in [0.25, 0.3) is 11.8 Å². The Morgan fingerprint density at radius 2 is 1.73 bits per heavy atom. The van der Waals surface area contributed by atoms with Gasteiger partial charge in [-0.1, -0.05) is 36.6 Å². The summed E-state index contributed by atoms with van der Waals surface area (Å²) in [6, 6.07) is 3.48. The van der Waals surface area contributed by atoms with Crippen molar-refractivity contribution in [3.63, 3.8) is 0 Å². The van der Waals surface area contributed by atoms with Crippen LogP contribution in [-0.4, -0.2) is 84.1 Å². The van der Waals surface area contributed by atoms with Gasteiger partial charge in [0.1, 0.15) is 23.2 Å². The predicted octanol–water partition coefficient (Wildman–Crippen LogP) is 2.94. The number of rotatable bonds is 6. The van der Waals surface area contributed by atoms with E-state index in [1.807, 2.05) is 12.2 Å². The quantitative estimate of drug-likeness (QED) is 0.326. The molecule has 2 aliphatic carbocycles. The Labute approximate surface area is 286 Å². The molecule has 5 atom stereocenters. The Kier molecular flexibility index (Phi) is 10.4. The van der Waals surface area contributed by atoms with Crippen molar-refractivity contribution >= 4 is 51.3 Å². The summed E-state index contributed by atoms with van der Waals surface area (Å²) in [6.45, 7) is 5.09. The summed E-state index contributed by atoms with van der Waals surface area (Å²) in [5, 5.41) is 8.21. The highest BCUT2D eigenvalue weighted by atomic mass is 35.5. The van der Waals surface area contributed by atoms with Gasteiger partial charge in [-0.05, 0) is 90.0 Å². The lowest BCUT2D eigenvalue weighted by atomic mass is 10.0. The first-order chi connectivity index (χ1) is 22.6. The van der Waals surface area contributed by atoms with Crippen LogP contribution in [0.15, 0.2) is 36.4 Å². The molecule has 262 valence electrons. The molecular weight excluding hydrogens is 662 g/mol. The van der Waals surface area contributed by atoms with Gasteiger partial charge in [0.2, 0.25) is 21.8 Å². The van der Waals surface area contributed by atoms with Crippen molar-refractivity contribution in [1.82, 2.24) is 25.6 Å². The molecule has 1 aromatic rings. The summed E-state index contributed by atoms with van der Waals surface area (Å²) in [6.07, 6.45) is 7.25. The summed E-state index contributed by atoms with van der Waals surface area (Å²) in [5.41, 5.74) is -1.98. The molecular formula is C33H44ClN5O8S. The number of amides is 5. The van der Waals surface area contributed by atoms with Gasteiger partial charge in [0, 0.05) is 29.1 Å². The van der Waals surface area contributed by atoms with Gasteiger partial charge in [-0.3, -0.25) is 23.9 Å². The van der Waals surface area contributed by atoms with Crippen LogP contribution in [0.3, 0.4) is 0 Å². The van der Waals surface area contributed by atoms with Crippen LogP contribution in [0, 0.1) is 5.92 Å².